The summed E-state index contributed by atoms with van der Waals surface area (Å²) < 4.78 is 0. The summed E-state index contributed by atoms with van der Waals surface area (Å²) in [5.41, 5.74) is 2.57. The minimum atomic E-state index is -0.0767. The van der Waals surface area contributed by atoms with Gasteiger partial charge in [-0.15, -0.1) is 11.3 Å². The molecule has 0 saturated carbocycles. The number of carbonyl (C=O) groups excluding carboxylic acids is 1. The van der Waals surface area contributed by atoms with E-state index in [1.807, 2.05) is 17.9 Å². The number of hydrogen-bond acceptors (Lipinski definition) is 4. The van der Waals surface area contributed by atoms with Crippen LogP contribution in [0.25, 0.3) is 0 Å². The van der Waals surface area contributed by atoms with Crippen molar-refractivity contribution in [3.8, 4) is 5.75 Å². The summed E-state index contributed by atoms with van der Waals surface area (Å²) in [6.45, 7) is 5.57. The highest BCUT2D eigenvalue weighted by molar-refractivity contribution is 7.09. The predicted molar refractivity (Wildman–Crippen MR) is 96.9 cm³/mol. The fourth-order valence-electron chi connectivity index (χ4n) is 3.18. The zero-order valence-electron chi connectivity index (χ0n) is 14.3. The van der Waals surface area contributed by atoms with Gasteiger partial charge in [-0.05, 0) is 43.4 Å². The number of aromatic hydroxyl groups is 1. The van der Waals surface area contributed by atoms with Crippen LogP contribution in [0, 0.1) is 0 Å². The van der Waals surface area contributed by atoms with Gasteiger partial charge in [0.2, 0.25) is 0 Å². The third-order valence-corrected chi connectivity index (χ3v) is 5.75. The van der Waals surface area contributed by atoms with Gasteiger partial charge >= 0.3 is 0 Å². The van der Waals surface area contributed by atoms with Gasteiger partial charge in [-0.1, -0.05) is 19.9 Å². The van der Waals surface area contributed by atoms with Gasteiger partial charge in [-0.25, -0.2) is 4.98 Å². The standard InChI is InChI=1S/C19H24N2O2S/c1-3-13-7-8-16(17(22)10-13)19(23)21-9-5-6-14(11-21)18-20-15(4-2)12-24-18/h7-8,10,12,14,22H,3-6,9,11H2,1-2H3. The first-order valence-electron chi connectivity index (χ1n) is 8.67. The molecule has 1 saturated heterocycles. The van der Waals surface area contributed by atoms with E-state index in [9.17, 15) is 9.90 Å². The van der Waals surface area contributed by atoms with Crippen LogP contribution in [-0.2, 0) is 12.8 Å². The molecule has 1 aromatic heterocycles. The number of amides is 1. The first kappa shape index (κ1) is 17.0. The fourth-order valence-corrected chi connectivity index (χ4v) is 4.21. The zero-order chi connectivity index (χ0) is 17.1. The van der Waals surface area contributed by atoms with Crippen molar-refractivity contribution < 1.29 is 9.90 Å². The van der Waals surface area contributed by atoms with Gasteiger partial charge in [0.1, 0.15) is 5.75 Å². The summed E-state index contributed by atoms with van der Waals surface area (Å²) in [4.78, 5) is 19.4. The van der Waals surface area contributed by atoms with Crippen LogP contribution in [-0.4, -0.2) is 34.0 Å². The van der Waals surface area contributed by atoms with E-state index in [2.05, 4.69) is 12.3 Å². The number of nitrogens with zero attached hydrogens (tertiary/aromatic N) is 2. The number of hydrogen-bond donors (Lipinski definition) is 1. The van der Waals surface area contributed by atoms with Crippen LogP contribution in [0.15, 0.2) is 23.6 Å². The maximum absolute atomic E-state index is 12.8. The van der Waals surface area contributed by atoms with Crippen molar-refractivity contribution in [1.82, 2.24) is 9.88 Å². The first-order valence-corrected chi connectivity index (χ1v) is 9.55. The second-order valence-electron chi connectivity index (χ2n) is 6.33. The molecule has 2 heterocycles. The maximum atomic E-state index is 12.8. The first-order chi connectivity index (χ1) is 11.6. The van der Waals surface area contributed by atoms with E-state index in [-0.39, 0.29) is 11.7 Å². The lowest BCUT2D eigenvalue weighted by Crippen LogP contribution is -2.39. The lowest BCUT2D eigenvalue weighted by Gasteiger charge is -2.32. The molecule has 0 aliphatic carbocycles. The number of aromatic nitrogens is 1. The van der Waals surface area contributed by atoms with Crippen molar-refractivity contribution in [3.63, 3.8) is 0 Å². The molecule has 0 spiro atoms. The number of phenols is 1. The zero-order valence-corrected chi connectivity index (χ0v) is 15.1. The molecular formula is C19H24N2O2S. The van der Waals surface area contributed by atoms with Crippen molar-refractivity contribution >= 4 is 17.2 Å². The highest BCUT2D eigenvalue weighted by Crippen LogP contribution is 2.31. The number of phenolic OH excluding ortho intramolecular Hbond substituents is 1. The fraction of sp³-hybridized carbons (Fsp3) is 0.474. The van der Waals surface area contributed by atoms with E-state index in [0.29, 0.717) is 18.0 Å². The van der Waals surface area contributed by atoms with Gasteiger partial charge in [0, 0.05) is 24.4 Å². The van der Waals surface area contributed by atoms with Crippen molar-refractivity contribution in [1.29, 1.82) is 0 Å². The van der Waals surface area contributed by atoms with Crippen LogP contribution >= 0.6 is 11.3 Å². The number of aryl methyl sites for hydroxylation is 2. The Morgan fingerprint density at radius 2 is 2.21 bits per heavy atom. The molecule has 1 atom stereocenters. The van der Waals surface area contributed by atoms with Gasteiger partial charge in [-0.3, -0.25) is 4.79 Å². The number of piperidine rings is 1. The van der Waals surface area contributed by atoms with E-state index in [0.717, 1.165) is 48.5 Å². The molecular weight excluding hydrogens is 320 g/mol. The topological polar surface area (TPSA) is 53.4 Å². The monoisotopic (exact) mass is 344 g/mol. The smallest absolute Gasteiger partial charge is 0.257 e. The van der Waals surface area contributed by atoms with Gasteiger partial charge < -0.3 is 10.0 Å². The summed E-state index contributed by atoms with van der Waals surface area (Å²) in [5.74, 6) is 0.321. The Morgan fingerprint density at radius 1 is 1.38 bits per heavy atom. The highest BCUT2D eigenvalue weighted by Gasteiger charge is 2.28. The van der Waals surface area contributed by atoms with Crippen molar-refractivity contribution in [2.45, 2.75) is 45.4 Å². The molecule has 1 fully saturated rings. The molecule has 0 bridgehead atoms. The van der Waals surface area contributed by atoms with Crippen LogP contribution in [0.5, 0.6) is 5.75 Å². The second kappa shape index (κ2) is 7.34. The number of likely N-dealkylation sites (tertiary alicyclic amines) is 1. The van der Waals surface area contributed by atoms with Crippen LogP contribution in [0.2, 0.25) is 0 Å². The molecule has 0 radical (unpaired) electrons. The summed E-state index contributed by atoms with van der Waals surface area (Å²) >= 11 is 1.70. The van der Waals surface area contributed by atoms with Crippen molar-refractivity contribution in [3.05, 3.63) is 45.4 Å². The second-order valence-corrected chi connectivity index (χ2v) is 7.22. The summed E-state index contributed by atoms with van der Waals surface area (Å²) in [5, 5.41) is 13.4. The SMILES string of the molecule is CCc1ccc(C(=O)N2CCCC(c3nc(CC)cs3)C2)c(O)c1. The quantitative estimate of drug-likeness (QED) is 0.912. The summed E-state index contributed by atoms with van der Waals surface area (Å²) in [7, 11) is 0. The Balaban J connectivity index is 1.75. The molecule has 3 rings (SSSR count). The van der Waals surface area contributed by atoms with Gasteiger partial charge in [0.25, 0.3) is 5.91 Å². The van der Waals surface area contributed by atoms with E-state index in [4.69, 9.17) is 4.98 Å². The molecule has 1 amide bonds. The molecule has 1 aliphatic heterocycles. The summed E-state index contributed by atoms with van der Waals surface area (Å²) in [6.07, 6.45) is 3.84. The highest BCUT2D eigenvalue weighted by atomic mass is 32.1. The van der Waals surface area contributed by atoms with Crippen LogP contribution < -0.4 is 0 Å². The number of thiazole rings is 1. The van der Waals surface area contributed by atoms with E-state index >= 15 is 0 Å². The Hall–Kier alpha value is -1.88. The third kappa shape index (κ3) is 3.46. The Labute approximate surface area is 147 Å². The lowest BCUT2D eigenvalue weighted by atomic mass is 9.97. The Morgan fingerprint density at radius 3 is 2.88 bits per heavy atom. The molecule has 128 valence electrons. The minimum absolute atomic E-state index is 0.0767. The molecule has 24 heavy (non-hydrogen) atoms. The average Bonchev–Trinajstić information content (AvgIpc) is 3.10. The molecule has 1 unspecified atom stereocenters. The molecule has 1 N–H and O–H groups in total. The lowest BCUT2D eigenvalue weighted by molar-refractivity contribution is 0.0704. The average molecular weight is 344 g/mol. The predicted octanol–water partition coefficient (Wildman–Crippen LogP) is 3.99. The number of rotatable bonds is 4. The molecule has 2 aromatic rings. The molecule has 1 aromatic carbocycles. The Kier molecular flexibility index (Phi) is 5.19. The Bertz CT molecular complexity index is 726. The molecule has 5 heteroatoms. The van der Waals surface area contributed by atoms with Gasteiger partial charge in [-0.2, -0.15) is 0 Å². The number of benzene rings is 1. The molecule has 1 aliphatic rings. The van der Waals surface area contributed by atoms with E-state index < -0.39 is 0 Å². The van der Waals surface area contributed by atoms with Crippen LogP contribution in [0.4, 0.5) is 0 Å². The van der Waals surface area contributed by atoms with Crippen LogP contribution in [0.1, 0.15) is 59.2 Å². The van der Waals surface area contributed by atoms with Crippen LogP contribution in [0.3, 0.4) is 0 Å². The number of carbonyl (C=O) groups is 1. The van der Waals surface area contributed by atoms with Gasteiger partial charge in [0.15, 0.2) is 0 Å². The largest absolute Gasteiger partial charge is 0.507 e. The third-order valence-electron chi connectivity index (χ3n) is 4.69. The molecule has 4 nitrogen and oxygen atoms in total. The van der Waals surface area contributed by atoms with Crippen molar-refractivity contribution in [2.75, 3.05) is 13.1 Å². The van der Waals surface area contributed by atoms with Gasteiger partial charge in [0.05, 0.1) is 16.3 Å². The van der Waals surface area contributed by atoms with E-state index in [1.165, 1.54) is 0 Å². The van der Waals surface area contributed by atoms with E-state index in [1.54, 1.807) is 23.5 Å². The van der Waals surface area contributed by atoms with Crippen molar-refractivity contribution in [2.24, 2.45) is 0 Å². The summed E-state index contributed by atoms with van der Waals surface area (Å²) in [6, 6.07) is 5.37. The minimum Gasteiger partial charge on any atom is -0.507 e. The maximum Gasteiger partial charge on any atom is 0.257 e. The normalized spacial score (nSPS) is 17.9.